The van der Waals surface area contributed by atoms with Crippen molar-refractivity contribution in [1.82, 2.24) is 20.1 Å². The van der Waals surface area contributed by atoms with Crippen LogP contribution < -0.4 is 15.4 Å². The molecule has 2 heterocycles. The minimum atomic E-state index is -0.651. The molecule has 0 unspecified atom stereocenters. The Morgan fingerprint density at radius 2 is 1.82 bits per heavy atom. The van der Waals surface area contributed by atoms with Crippen LogP contribution in [0.2, 0.25) is 15.1 Å². The Balaban J connectivity index is 1.50. The maximum absolute atomic E-state index is 13.4. The summed E-state index contributed by atoms with van der Waals surface area (Å²) in [6.07, 6.45) is 2.90. The van der Waals surface area contributed by atoms with Gasteiger partial charge in [0.2, 0.25) is 5.88 Å². The highest BCUT2D eigenvalue weighted by atomic mass is 35.5. The standard InChI is InChI=1S/C26H21Cl3N6O4/c1-38-22-14-21(35(34-22)24-19(28)8-5-9-30-24)26(37)33-23-18(12-17(27)13-20(23)29)25(36)31-10-11-32-39-15-16-6-3-2-4-7-16/h2-9,11-14H,10,15H2,1H3,(H,31,36)(H,33,37)/b32-11+. The highest BCUT2D eigenvalue weighted by molar-refractivity contribution is 6.38. The van der Waals surface area contributed by atoms with Crippen molar-refractivity contribution in [3.8, 4) is 11.7 Å². The number of carbonyl (C=O) groups is 2. The summed E-state index contributed by atoms with van der Waals surface area (Å²) in [4.78, 5) is 35.7. The zero-order chi connectivity index (χ0) is 27.8. The van der Waals surface area contributed by atoms with Crippen LogP contribution in [0.1, 0.15) is 26.4 Å². The number of methoxy groups -OCH3 is 1. The highest BCUT2D eigenvalue weighted by Gasteiger charge is 2.23. The first-order valence-corrected chi connectivity index (χ1v) is 12.5. The lowest BCUT2D eigenvalue weighted by Gasteiger charge is -2.14. The molecule has 0 fully saturated rings. The van der Waals surface area contributed by atoms with Gasteiger partial charge in [-0.3, -0.25) is 9.59 Å². The van der Waals surface area contributed by atoms with Crippen LogP contribution in [0.15, 0.2) is 72.0 Å². The minimum absolute atomic E-state index is 0.0347. The van der Waals surface area contributed by atoms with Gasteiger partial charge in [0, 0.05) is 17.3 Å². The summed E-state index contributed by atoms with van der Waals surface area (Å²) in [5, 5.41) is 13.9. The average molecular weight is 588 g/mol. The van der Waals surface area contributed by atoms with Crippen molar-refractivity contribution in [2.75, 3.05) is 19.0 Å². The predicted octanol–water partition coefficient (Wildman–Crippen LogP) is 5.42. The van der Waals surface area contributed by atoms with Gasteiger partial charge in [-0.05, 0) is 29.8 Å². The molecule has 0 aliphatic heterocycles. The molecule has 2 aromatic heterocycles. The summed E-state index contributed by atoms with van der Waals surface area (Å²) in [5.74, 6) is -0.845. The molecule has 0 saturated heterocycles. The van der Waals surface area contributed by atoms with Crippen LogP contribution in [0.3, 0.4) is 0 Å². The molecule has 10 nitrogen and oxygen atoms in total. The van der Waals surface area contributed by atoms with E-state index in [1.807, 2.05) is 30.3 Å². The fourth-order valence-electron chi connectivity index (χ4n) is 3.38. The van der Waals surface area contributed by atoms with Gasteiger partial charge in [0.05, 0.1) is 41.2 Å². The van der Waals surface area contributed by atoms with E-state index < -0.39 is 11.8 Å². The van der Waals surface area contributed by atoms with Gasteiger partial charge < -0.3 is 20.2 Å². The summed E-state index contributed by atoms with van der Waals surface area (Å²) < 4.78 is 6.41. The quantitative estimate of drug-likeness (QED) is 0.189. The molecule has 0 bridgehead atoms. The molecule has 200 valence electrons. The van der Waals surface area contributed by atoms with Crippen LogP contribution in [0.25, 0.3) is 5.82 Å². The first-order chi connectivity index (χ1) is 18.9. The van der Waals surface area contributed by atoms with Gasteiger partial charge in [0.15, 0.2) is 5.82 Å². The van der Waals surface area contributed by atoms with E-state index >= 15 is 0 Å². The second-order valence-corrected chi connectivity index (χ2v) is 9.06. The van der Waals surface area contributed by atoms with Crippen molar-refractivity contribution in [3.05, 3.63) is 98.7 Å². The van der Waals surface area contributed by atoms with Crippen molar-refractivity contribution in [3.63, 3.8) is 0 Å². The second kappa shape index (κ2) is 13.1. The van der Waals surface area contributed by atoms with Gasteiger partial charge in [0.1, 0.15) is 12.3 Å². The lowest BCUT2D eigenvalue weighted by molar-refractivity contribution is 0.0959. The number of hydrogen-bond acceptors (Lipinski definition) is 7. The molecular formula is C26H21Cl3N6O4. The summed E-state index contributed by atoms with van der Waals surface area (Å²) in [6.45, 7) is 0.337. The van der Waals surface area contributed by atoms with Crippen LogP contribution in [0.4, 0.5) is 5.69 Å². The number of carbonyl (C=O) groups excluding carboxylic acids is 2. The molecule has 0 atom stereocenters. The largest absolute Gasteiger partial charge is 0.480 e. The Kier molecular flexibility index (Phi) is 9.37. The molecule has 0 aliphatic carbocycles. The maximum atomic E-state index is 13.4. The van der Waals surface area contributed by atoms with Crippen molar-refractivity contribution in [1.29, 1.82) is 0 Å². The van der Waals surface area contributed by atoms with Crippen molar-refractivity contribution >= 4 is 58.5 Å². The summed E-state index contributed by atoms with van der Waals surface area (Å²) in [6, 6.07) is 16.9. The zero-order valence-corrected chi connectivity index (χ0v) is 22.7. The minimum Gasteiger partial charge on any atom is -0.480 e. The molecule has 13 heteroatoms. The monoisotopic (exact) mass is 586 g/mol. The van der Waals surface area contributed by atoms with Crippen LogP contribution in [-0.4, -0.2) is 46.4 Å². The van der Waals surface area contributed by atoms with Gasteiger partial charge in [0.25, 0.3) is 11.8 Å². The number of nitrogens with one attached hydrogen (secondary N) is 2. The third-order valence-electron chi connectivity index (χ3n) is 5.18. The fourth-order valence-corrected chi connectivity index (χ4v) is 4.12. The van der Waals surface area contributed by atoms with Crippen LogP contribution >= 0.6 is 34.8 Å². The summed E-state index contributed by atoms with van der Waals surface area (Å²) in [5.41, 5.74) is 1.07. The number of pyridine rings is 1. The lowest BCUT2D eigenvalue weighted by atomic mass is 10.1. The van der Waals surface area contributed by atoms with E-state index in [1.54, 1.807) is 12.1 Å². The number of halogens is 3. The Morgan fingerprint density at radius 3 is 2.56 bits per heavy atom. The molecular weight excluding hydrogens is 567 g/mol. The molecule has 0 aliphatic rings. The second-order valence-electron chi connectivity index (χ2n) is 7.81. The van der Waals surface area contributed by atoms with E-state index in [4.69, 9.17) is 44.4 Å². The zero-order valence-electron chi connectivity index (χ0n) is 20.4. The van der Waals surface area contributed by atoms with Gasteiger partial charge in [-0.1, -0.05) is 70.3 Å². The van der Waals surface area contributed by atoms with Crippen molar-refractivity contribution < 1.29 is 19.2 Å². The van der Waals surface area contributed by atoms with Gasteiger partial charge in [-0.15, -0.1) is 5.10 Å². The van der Waals surface area contributed by atoms with Crippen molar-refractivity contribution in [2.45, 2.75) is 6.61 Å². The predicted molar refractivity (Wildman–Crippen MR) is 149 cm³/mol. The first-order valence-electron chi connectivity index (χ1n) is 11.4. The molecule has 4 aromatic rings. The number of hydrogen-bond donors (Lipinski definition) is 2. The number of anilines is 1. The normalized spacial score (nSPS) is 10.9. The van der Waals surface area contributed by atoms with E-state index in [0.717, 1.165) is 5.56 Å². The molecule has 2 N–H and O–H groups in total. The molecule has 4 rings (SSSR count). The number of benzene rings is 2. The topological polar surface area (TPSA) is 120 Å². The fraction of sp³-hybridized carbons (Fsp3) is 0.115. The molecule has 2 aromatic carbocycles. The Hall–Kier alpha value is -4.12. The van der Waals surface area contributed by atoms with E-state index in [0.29, 0.717) is 0 Å². The summed E-state index contributed by atoms with van der Waals surface area (Å²) in [7, 11) is 1.41. The number of ether oxygens (including phenoxy) is 1. The number of rotatable bonds is 10. The number of amides is 2. The van der Waals surface area contributed by atoms with Crippen LogP contribution in [0.5, 0.6) is 5.88 Å². The van der Waals surface area contributed by atoms with Crippen molar-refractivity contribution in [2.24, 2.45) is 5.16 Å². The third-order valence-corrected chi connectivity index (χ3v) is 5.99. The smallest absolute Gasteiger partial charge is 0.274 e. The van der Waals surface area contributed by atoms with Crippen LogP contribution in [-0.2, 0) is 11.4 Å². The van der Waals surface area contributed by atoms with E-state index in [1.165, 1.54) is 42.4 Å². The maximum Gasteiger partial charge on any atom is 0.274 e. The van der Waals surface area contributed by atoms with E-state index in [-0.39, 0.29) is 56.9 Å². The van der Waals surface area contributed by atoms with Crippen LogP contribution in [0, 0.1) is 0 Å². The average Bonchev–Trinajstić information content (AvgIpc) is 3.37. The molecule has 0 saturated carbocycles. The van der Waals surface area contributed by atoms with Gasteiger partial charge in [-0.2, -0.15) is 0 Å². The summed E-state index contributed by atoms with van der Waals surface area (Å²) >= 11 is 18.8. The lowest BCUT2D eigenvalue weighted by Crippen LogP contribution is -2.27. The Labute approximate surface area is 238 Å². The number of nitrogens with zero attached hydrogens (tertiary/aromatic N) is 4. The highest BCUT2D eigenvalue weighted by Crippen LogP contribution is 2.31. The molecule has 39 heavy (non-hydrogen) atoms. The molecule has 2 amide bonds. The number of aromatic nitrogens is 3. The SMILES string of the molecule is COc1cc(C(=O)Nc2c(Cl)cc(Cl)cc2C(=O)NC/C=N/OCc2ccccc2)n(-c2ncccc2Cl)n1. The van der Waals surface area contributed by atoms with Gasteiger partial charge in [-0.25, -0.2) is 9.67 Å². The Morgan fingerprint density at radius 1 is 1.03 bits per heavy atom. The molecule has 0 radical (unpaired) electrons. The van der Waals surface area contributed by atoms with Gasteiger partial charge >= 0.3 is 0 Å². The Bertz CT molecular complexity index is 1510. The third kappa shape index (κ3) is 7.05. The van der Waals surface area contributed by atoms with E-state index in [2.05, 4.69) is 25.9 Å². The first kappa shape index (κ1) is 27.9. The van der Waals surface area contributed by atoms with E-state index in [9.17, 15) is 9.59 Å². The molecule has 0 spiro atoms. The number of oxime groups is 1.